The zero-order chi connectivity index (χ0) is 13.1. The standard InChI is InChI=1S/C10H20N2O5/c1-16-5-3-11-9(13)7-12(4-6-17-2)8-10(14)15/h3-8H2,1-2H3,(H,11,13)(H,14,15). The second kappa shape index (κ2) is 10.0. The average Bonchev–Trinajstić information content (AvgIpc) is 2.25. The van der Waals surface area contributed by atoms with Gasteiger partial charge in [-0.15, -0.1) is 0 Å². The summed E-state index contributed by atoms with van der Waals surface area (Å²) in [4.78, 5) is 23.5. The molecule has 0 aromatic carbocycles. The van der Waals surface area contributed by atoms with E-state index in [0.717, 1.165) is 0 Å². The van der Waals surface area contributed by atoms with E-state index < -0.39 is 5.97 Å². The summed E-state index contributed by atoms with van der Waals surface area (Å²) in [7, 11) is 3.07. The van der Waals surface area contributed by atoms with Crippen LogP contribution in [0.1, 0.15) is 0 Å². The molecule has 0 rings (SSSR count). The van der Waals surface area contributed by atoms with Crippen molar-refractivity contribution < 1.29 is 24.2 Å². The van der Waals surface area contributed by atoms with Crippen LogP contribution in [0.25, 0.3) is 0 Å². The molecule has 0 heterocycles. The van der Waals surface area contributed by atoms with Gasteiger partial charge in [-0.25, -0.2) is 0 Å². The number of carbonyl (C=O) groups excluding carboxylic acids is 1. The molecule has 1 amide bonds. The quantitative estimate of drug-likeness (QED) is 0.471. The molecule has 0 aromatic rings. The summed E-state index contributed by atoms with van der Waals surface area (Å²) in [5.74, 6) is -1.19. The minimum atomic E-state index is -0.967. The fourth-order valence-electron chi connectivity index (χ4n) is 1.18. The summed E-state index contributed by atoms with van der Waals surface area (Å²) < 4.78 is 9.63. The maximum Gasteiger partial charge on any atom is 0.317 e. The number of methoxy groups -OCH3 is 2. The van der Waals surface area contributed by atoms with E-state index in [-0.39, 0.29) is 19.0 Å². The van der Waals surface area contributed by atoms with Crippen LogP contribution < -0.4 is 5.32 Å². The first kappa shape index (κ1) is 15.8. The van der Waals surface area contributed by atoms with Gasteiger partial charge in [0.05, 0.1) is 26.3 Å². The van der Waals surface area contributed by atoms with Crippen molar-refractivity contribution in [2.45, 2.75) is 0 Å². The molecule has 0 aromatic heterocycles. The van der Waals surface area contributed by atoms with Crippen LogP contribution in [-0.4, -0.2) is 75.5 Å². The van der Waals surface area contributed by atoms with Gasteiger partial charge in [0.2, 0.25) is 5.91 Å². The van der Waals surface area contributed by atoms with E-state index in [0.29, 0.717) is 26.3 Å². The van der Waals surface area contributed by atoms with Gasteiger partial charge in [0.1, 0.15) is 0 Å². The molecule has 100 valence electrons. The Morgan fingerprint density at radius 2 is 1.82 bits per heavy atom. The van der Waals surface area contributed by atoms with Crippen LogP contribution in [0.3, 0.4) is 0 Å². The highest BCUT2D eigenvalue weighted by Gasteiger charge is 2.13. The van der Waals surface area contributed by atoms with Gasteiger partial charge in [-0.1, -0.05) is 0 Å². The number of nitrogens with zero attached hydrogens (tertiary/aromatic N) is 1. The lowest BCUT2D eigenvalue weighted by Crippen LogP contribution is -2.42. The summed E-state index contributed by atoms with van der Waals surface area (Å²) in [6.45, 7) is 1.50. The summed E-state index contributed by atoms with van der Waals surface area (Å²) in [6.07, 6.45) is 0. The molecule has 0 aliphatic heterocycles. The van der Waals surface area contributed by atoms with E-state index in [1.807, 2.05) is 0 Å². The number of carboxylic acids is 1. The fraction of sp³-hybridized carbons (Fsp3) is 0.800. The largest absolute Gasteiger partial charge is 0.480 e. The third-order valence-corrected chi connectivity index (χ3v) is 1.97. The Hall–Kier alpha value is -1.18. The van der Waals surface area contributed by atoms with Gasteiger partial charge in [-0.05, 0) is 0 Å². The van der Waals surface area contributed by atoms with E-state index in [4.69, 9.17) is 14.6 Å². The fourth-order valence-corrected chi connectivity index (χ4v) is 1.18. The molecule has 0 spiro atoms. The maximum absolute atomic E-state index is 11.4. The van der Waals surface area contributed by atoms with Crippen molar-refractivity contribution in [3.8, 4) is 0 Å². The number of carboxylic acid groups (broad SMARTS) is 1. The molecule has 0 radical (unpaired) electrons. The number of carbonyl (C=O) groups is 2. The van der Waals surface area contributed by atoms with E-state index in [1.54, 1.807) is 7.11 Å². The molecule has 0 fully saturated rings. The first-order valence-electron chi connectivity index (χ1n) is 5.29. The minimum Gasteiger partial charge on any atom is -0.480 e. The van der Waals surface area contributed by atoms with Crippen LogP contribution in [-0.2, 0) is 19.1 Å². The first-order chi connectivity index (χ1) is 8.10. The van der Waals surface area contributed by atoms with Gasteiger partial charge in [-0.2, -0.15) is 0 Å². The second-order valence-corrected chi connectivity index (χ2v) is 3.44. The lowest BCUT2D eigenvalue weighted by Gasteiger charge is -2.19. The van der Waals surface area contributed by atoms with Gasteiger partial charge in [0.25, 0.3) is 0 Å². The number of hydrogen-bond acceptors (Lipinski definition) is 5. The molecule has 0 unspecified atom stereocenters. The molecular formula is C10H20N2O5. The van der Waals surface area contributed by atoms with Crippen LogP contribution >= 0.6 is 0 Å². The molecule has 7 heteroatoms. The van der Waals surface area contributed by atoms with E-state index in [9.17, 15) is 9.59 Å². The van der Waals surface area contributed by atoms with Crippen LogP contribution in [0.4, 0.5) is 0 Å². The Morgan fingerprint density at radius 3 is 2.35 bits per heavy atom. The van der Waals surface area contributed by atoms with Crippen molar-refractivity contribution >= 4 is 11.9 Å². The second-order valence-electron chi connectivity index (χ2n) is 3.44. The Bertz CT molecular complexity index is 235. The van der Waals surface area contributed by atoms with Crippen molar-refractivity contribution in [3.63, 3.8) is 0 Å². The highest BCUT2D eigenvalue weighted by atomic mass is 16.5. The average molecular weight is 248 g/mol. The first-order valence-corrected chi connectivity index (χ1v) is 5.29. The monoisotopic (exact) mass is 248 g/mol. The summed E-state index contributed by atoms with van der Waals surface area (Å²) in [6, 6.07) is 0. The third kappa shape index (κ3) is 9.73. The molecule has 2 N–H and O–H groups in total. The third-order valence-electron chi connectivity index (χ3n) is 1.97. The zero-order valence-corrected chi connectivity index (χ0v) is 10.3. The summed E-state index contributed by atoms with van der Waals surface area (Å²) in [5.41, 5.74) is 0. The number of amides is 1. The summed E-state index contributed by atoms with van der Waals surface area (Å²) >= 11 is 0. The van der Waals surface area contributed by atoms with E-state index >= 15 is 0 Å². The molecule has 17 heavy (non-hydrogen) atoms. The molecular weight excluding hydrogens is 228 g/mol. The topological polar surface area (TPSA) is 88.1 Å². The Kier molecular flexibility index (Phi) is 9.31. The molecule has 0 aliphatic carbocycles. The van der Waals surface area contributed by atoms with Crippen molar-refractivity contribution in [2.24, 2.45) is 0 Å². The minimum absolute atomic E-state index is 0.0410. The van der Waals surface area contributed by atoms with Gasteiger partial charge >= 0.3 is 5.97 Å². The van der Waals surface area contributed by atoms with Gasteiger partial charge < -0.3 is 19.9 Å². The molecule has 0 atom stereocenters. The molecule has 0 saturated heterocycles. The van der Waals surface area contributed by atoms with Gasteiger partial charge in [0, 0.05) is 27.3 Å². The van der Waals surface area contributed by atoms with Gasteiger partial charge in [-0.3, -0.25) is 14.5 Å². The lowest BCUT2D eigenvalue weighted by molar-refractivity contribution is -0.138. The van der Waals surface area contributed by atoms with Crippen LogP contribution in [0.2, 0.25) is 0 Å². The molecule has 0 bridgehead atoms. The Balaban J connectivity index is 3.94. The maximum atomic E-state index is 11.4. The number of nitrogens with one attached hydrogen (secondary N) is 1. The van der Waals surface area contributed by atoms with Crippen molar-refractivity contribution in [1.82, 2.24) is 10.2 Å². The number of rotatable bonds is 10. The van der Waals surface area contributed by atoms with E-state index in [2.05, 4.69) is 5.32 Å². The molecule has 0 saturated carbocycles. The van der Waals surface area contributed by atoms with Crippen molar-refractivity contribution in [1.29, 1.82) is 0 Å². The van der Waals surface area contributed by atoms with Crippen LogP contribution in [0.5, 0.6) is 0 Å². The van der Waals surface area contributed by atoms with E-state index in [1.165, 1.54) is 12.0 Å². The Labute approximate surface area is 101 Å². The number of hydrogen-bond donors (Lipinski definition) is 2. The highest BCUT2D eigenvalue weighted by Crippen LogP contribution is 1.88. The van der Waals surface area contributed by atoms with Crippen LogP contribution in [0.15, 0.2) is 0 Å². The SMILES string of the molecule is COCCNC(=O)CN(CCOC)CC(=O)O. The zero-order valence-electron chi connectivity index (χ0n) is 10.3. The molecule has 7 nitrogen and oxygen atoms in total. The summed E-state index contributed by atoms with van der Waals surface area (Å²) in [5, 5.41) is 11.3. The van der Waals surface area contributed by atoms with Crippen LogP contribution in [0, 0.1) is 0 Å². The van der Waals surface area contributed by atoms with Crippen molar-refractivity contribution in [3.05, 3.63) is 0 Å². The number of aliphatic carboxylic acids is 1. The normalized spacial score (nSPS) is 10.5. The number of ether oxygens (including phenoxy) is 2. The van der Waals surface area contributed by atoms with Crippen molar-refractivity contribution in [2.75, 3.05) is 53.6 Å². The predicted molar refractivity (Wildman–Crippen MR) is 60.8 cm³/mol. The lowest BCUT2D eigenvalue weighted by atomic mass is 10.4. The Morgan fingerprint density at radius 1 is 1.18 bits per heavy atom. The van der Waals surface area contributed by atoms with Gasteiger partial charge in [0.15, 0.2) is 0 Å². The predicted octanol–water partition coefficient (Wildman–Crippen LogP) is -1.22. The smallest absolute Gasteiger partial charge is 0.317 e. The molecule has 0 aliphatic rings. The highest BCUT2D eigenvalue weighted by molar-refractivity contribution is 5.79.